The number of fused-ring (bicyclic) bond motifs is 1. The number of ketones is 1. The van der Waals surface area contributed by atoms with Gasteiger partial charge in [-0.2, -0.15) is 0 Å². The lowest BCUT2D eigenvalue weighted by molar-refractivity contribution is -0.118. The normalized spacial score (nSPS) is 13.1. The molecule has 1 aliphatic heterocycles. The van der Waals surface area contributed by atoms with Crippen molar-refractivity contribution >= 4 is 29.0 Å². The van der Waals surface area contributed by atoms with Gasteiger partial charge in [0.25, 0.3) is 5.91 Å². The third-order valence-corrected chi connectivity index (χ3v) is 3.56. The van der Waals surface area contributed by atoms with Crippen LogP contribution in [0.15, 0.2) is 36.4 Å². The molecule has 0 fully saturated rings. The first kappa shape index (κ1) is 13.6. The van der Waals surface area contributed by atoms with E-state index >= 15 is 0 Å². The molecule has 0 spiro atoms. The van der Waals surface area contributed by atoms with E-state index in [0.717, 1.165) is 5.56 Å². The molecule has 5 heteroatoms. The first-order valence-corrected chi connectivity index (χ1v) is 6.80. The van der Waals surface area contributed by atoms with Crippen molar-refractivity contribution in [3.8, 4) is 5.75 Å². The molecular formula is C16H12ClNO3. The van der Waals surface area contributed by atoms with Gasteiger partial charge in [0.05, 0.1) is 10.7 Å². The van der Waals surface area contributed by atoms with Crippen molar-refractivity contribution in [2.75, 3.05) is 11.9 Å². The Bertz CT molecular complexity index is 755. The minimum atomic E-state index is -0.236. The Morgan fingerprint density at radius 3 is 2.81 bits per heavy atom. The van der Waals surface area contributed by atoms with E-state index in [0.29, 0.717) is 27.6 Å². The molecule has 106 valence electrons. The zero-order valence-corrected chi connectivity index (χ0v) is 12.0. The average molecular weight is 302 g/mol. The van der Waals surface area contributed by atoms with Gasteiger partial charge in [0.15, 0.2) is 12.4 Å². The van der Waals surface area contributed by atoms with Gasteiger partial charge in [-0.1, -0.05) is 17.7 Å². The number of carbonyl (C=O) groups excluding carboxylic acids is 2. The van der Waals surface area contributed by atoms with E-state index in [1.54, 1.807) is 30.3 Å². The molecule has 0 aliphatic carbocycles. The number of aryl methyl sites for hydroxylation is 1. The van der Waals surface area contributed by atoms with Gasteiger partial charge in [0, 0.05) is 11.1 Å². The molecule has 3 rings (SSSR count). The molecule has 1 amide bonds. The zero-order chi connectivity index (χ0) is 15.0. The molecule has 2 aromatic carbocycles. The van der Waals surface area contributed by atoms with Crippen LogP contribution in [0.3, 0.4) is 0 Å². The first-order chi connectivity index (χ1) is 10.0. The van der Waals surface area contributed by atoms with E-state index in [1.165, 1.54) is 0 Å². The lowest BCUT2D eigenvalue weighted by atomic mass is 10.0. The topological polar surface area (TPSA) is 55.4 Å². The highest BCUT2D eigenvalue weighted by Crippen LogP contribution is 2.30. The van der Waals surface area contributed by atoms with Gasteiger partial charge in [0.1, 0.15) is 5.75 Å². The number of anilines is 1. The van der Waals surface area contributed by atoms with Crippen LogP contribution in [0.25, 0.3) is 0 Å². The lowest BCUT2D eigenvalue weighted by Gasteiger charge is -2.18. The Labute approximate surface area is 126 Å². The largest absolute Gasteiger partial charge is 0.482 e. The minimum absolute atomic E-state index is 0.00984. The SMILES string of the molecule is Cc1ccc(C(=O)c2ccc3c(c2)NC(=O)CO3)c(Cl)c1. The second kappa shape index (κ2) is 5.22. The van der Waals surface area contributed by atoms with Crippen LogP contribution >= 0.6 is 11.6 Å². The number of hydrogen-bond donors (Lipinski definition) is 1. The van der Waals surface area contributed by atoms with Crippen LogP contribution in [0.5, 0.6) is 5.75 Å². The highest BCUT2D eigenvalue weighted by atomic mass is 35.5. The Balaban J connectivity index is 1.98. The number of ether oxygens (including phenoxy) is 1. The quantitative estimate of drug-likeness (QED) is 0.867. The maximum Gasteiger partial charge on any atom is 0.262 e. The van der Waals surface area contributed by atoms with Gasteiger partial charge in [-0.25, -0.2) is 0 Å². The molecule has 0 radical (unpaired) electrons. The number of halogens is 1. The van der Waals surface area contributed by atoms with Crippen molar-refractivity contribution in [1.29, 1.82) is 0 Å². The fourth-order valence-corrected chi connectivity index (χ4v) is 2.51. The minimum Gasteiger partial charge on any atom is -0.482 e. The predicted molar refractivity (Wildman–Crippen MR) is 80.2 cm³/mol. The van der Waals surface area contributed by atoms with Gasteiger partial charge < -0.3 is 10.1 Å². The molecule has 1 aliphatic rings. The summed E-state index contributed by atoms with van der Waals surface area (Å²) in [5.41, 5.74) is 2.37. The van der Waals surface area contributed by atoms with E-state index in [-0.39, 0.29) is 18.3 Å². The van der Waals surface area contributed by atoms with Crippen LogP contribution in [0, 0.1) is 6.92 Å². The van der Waals surface area contributed by atoms with Crippen LogP contribution in [0.1, 0.15) is 21.5 Å². The van der Waals surface area contributed by atoms with Crippen LogP contribution in [0.2, 0.25) is 5.02 Å². The number of amides is 1. The van der Waals surface area contributed by atoms with Gasteiger partial charge in [0.2, 0.25) is 0 Å². The maximum atomic E-state index is 12.5. The van der Waals surface area contributed by atoms with Crippen molar-refractivity contribution in [2.45, 2.75) is 6.92 Å². The van der Waals surface area contributed by atoms with Crippen molar-refractivity contribution < 1.29 is 14.3 Å². The van der Waals surface area contributed by atoms with Crippen molar-refractivity contribution in [2.24, 2.45) is 0 Å². The molecule has 0 aromatic heterocycles. The van der Waals surface area contributed by atoms with E-state index in [2.05, 4.69) is 5.32 Å². The molecule has 0 saturated heterocycles. The number of rotatable bonds is 2. The molecule has 0 unspecified atom stereocenters. The smallest absolute Gasteiger partial charge is 0.262 e. The molecule has 2 aromatic rings. The molecule has 0 saturated carbocycles. The summed E-state index contributed by atoms with van der Waals surface area (Å²) in [7, 11) is 0. The highest BCUT2D eigenvalue weighted by Gasteiger charge is 2.19. The Hall–Kier alpha value is -2.33. The van der Waals surface area contributed by atoms with Crippen LogP contribution in [-0.4, -0.2) is 18.3 Å². The number of carbonyl (C=O) groups is 2. The van der Waals surface area contributed by atoms with E-state index in [9.17, 15) is 9.59 Å². The second-order valence-corrected chi connectivity index (χ2v) is 5.27. The van der Waals surface area contributed by atoms with Crippen LogP contribution < -0.4 is 10.1 Å². The standard InChI is InChI=1S/C16H12ClNO3/c1-9-2-4-11(12(17)6-9)16(20)10-3-5-14-13(7-10)18-15(19)8-21-14/h2-7H,8H2,1H3,(H,18,19). The van der Waals surface area contributed by atoms with Gasteiger partial charge >= 0.3 is 0 Å². The van der Waals surface area contributed by atoms with Crippen molar-refractivity contribution in [1.82, 2.24) is 0 Å². The summed E-state index contributed by atoms with van der Waals surface area (Å²) in [4.78, 5) is 23.8. The third kappa shape index (κ3) is 2.62. The van der Waals surface area contributed by atoms with E-state index < -0.39 is 0 Å². The van der Waals surface area contributed by atoms with Gasteiger partial charge in [-0.15, -0.1) is 0 Å². The lowest BCUT2D eigenvalue weighted by Crippen LogP contribution is -2.25. The third-order valence-electron chi connectivity index (χ3n) is 3.24. The molecule has 0 atom stereocenters. The molecule has 0 bridgehead atoms. The monoisotopic (exact) mass is 301 g/mol. The number of benzene rings is 2. The fraction of sp³-hybridized carbons (Fsp3) is 0.125. The summed E-state index contributed by atoms with van der Waals surface area (Å²) in [6, 6.07) is 10.2. The molecule has 1 N–H and O–H groups in total. The van der Waals surface area contributed by atoms with Gasteiger partial charge in [-0.3, -0.25) is 9.59 Å². The molecule has 1 heterocycles. The summed E-state index contributed by atoms with van der Waals surface area (Å²) in [5, 5.41) is 3.10. The van der Waals surface area contributed by atoms with Crippen LogP contribution in [0.4, 0.5) is 5.69 Å². The zero-order valence-electron chi connectivity index (χ0n) is 11.3. The first-order valence-electron chi connectivity index (χ1n) is 6.42. The summed E-state index contributed by atoms with van der Waals surface area (Å²) >= 11 is 6.13. The highest BCUT2D eigenvalue weighted by molar-refractivity contribution is 6.35. The second-order valence-electron chi connectivity index (χ2n) is 4.86. The van der Waals surface area contributed by atoms with E-state index in [4.69, 9.17) is 16.3 Å². The van der Waals surface area contributed by atoms with Crippen LogP contribution in [-0.2, 0) is 4.79 Å². The summed E-state index contributed by atoms with van der Waals surface area (Å²) in [6.07, 6.45) is 0. The molecule has 21 heavy (non-hydrogen) atoms. The Kier molecular flexibility index (Phi) is 3.39. The Morgan fingerprint density at radius 1 is 1.24 bits per heavy atom. The summed E-state index contributed by atoms with van der Waals surface area (Å²) in [5.74, 6) is 0.129. The fourth-order valence-electron chi connectivity index (χ4n) is 2.18. The predicted octanol–water partition coefficient (Wildman–Crippen LogP) is 3.21. The van der Waals surface area contributed by atoms with Crippen molar-refractivity contribution in [3.63, 3.8) is 0 Å². The summed E-state index contributed by atoms with van der Waals surface area (Å²) < 4.78 is 5.27. The Morgan fingerprint density at radius 2 is 2.05 bits per heavy atom. The van der Waals surface area contributed by atoms with Crippen molar-refractivity contribution in [3.05, 3.63) is 58.1 Å². The average Bonchev–Trinajstić information content (AvgIpc) is 2.46. The van der Waals surface area contributed by atoms with Gasteiger partial charge in [-0.05, 0) is 42.8 Å². The molecule has 4 nitrogen and oxygen atoms in total. The number of hydrogen-bond acceptors (Lipinski definition) is 3. The maximum absolute atomic E-state index is 12.5. The number of nitrogens with one attached hydrogen (secondary N) is 1. The summed E-state index contributed by atoms with van der Waals surface area (Å²) in [6.45, 7) is 1.90. The van der Waals surface area contributed by atoms with E-state index in [1.807, 2.05) is 13.0 Å². The molecular weight excluding hydrogens is 290 g/mol.